The van der Waals surface area contributed by atoms with Gasteiger partial charge in [0.2, 0.25) is 0 Å². The quantitative estimate of drug-likeness (QED) is 0.803. The molecule has 7 heteroatoms. The van der Waals surface area contributed by atoms with Gasteiger partial charge in [-0.25, -0.2) is 9.97 Å². The van der Waals surface area contributed by atoms with Crippen LogP contribution in [0.1, 0.15) is 12.6 Å². The summed E-state index contributed by atoms with van der Waals surface area (Å²) >= 11 is 0. The van der Waals surface area contributed by atoms with E-state index in [4.69, 9.17) is 25.9 Å². The monoisotopic (exact) mass is 329 g/mol. The van der Waals surface area contributed by atoms with E-state index in [1.54, 1.807) is 0 Å². The van der Waals surface area contributed by atoms with E-state index in [-0.39, 0.29) is 0 Å². The van der Waals surface area contributed by atoms with E-state index in [1.165, 1.54) is 0 Å². The maximum Gasteiger partial charge on any atom is 0.184 e. The number of rotatable bonds is 5. The maximum atomic E-state index is 6.14. The zero-order chi connectivity index (χ0) is 16.9. The lowest BCUT2D eigenvalue weighted by Crippen LogP contribution is -2.36. The second-order valence-electron chi connectivity index (χ2n) is 5.65. The average molecular weight is 329 g/mol. The van der Waals surface area contributed by atoms with Crippen molar-refractivity contribution in [3.63, 3.8) is 0 Å². The Morgan fingerprint density at radius 2 is 1.83 bits per heavy atom. The molecule has 0 unspecified atom stereocenters. The van der Waals surface area contributed by atoms with Crippen LogP contribution in [0.15, 0.2) is 24.3 Å². The SMILES string of the molecule is CCOc1c(N)nc(-c2ccc(N)cc2)nc1CN1CCOCC1. The van der Waals surface area contributed by atoms with E-state index in [9.17, 15) is 0 Å². The fraction of sp³-hybridized carbons (Fsp3) is 0.412. The van der Waals surface area contributed by atoms with Gasteiger partial charge >= 0.3 is 0 Å². The highest BCUT2D eigenvalue weighted by molar-refractivity contribution is 5.62. The van der Waals surface area contributed by atoms with Gasteiger partial charge in [0.15, 0.2) is 17.4 Å². The number of aromatic nitrogens is 2. The van der Waals surface area contributed by atoms with E-state index >= 15 is 0 Å². The molecule has 7 nitrogen and oxygen atoms in total. The van der Waals surface area contributed by atoms with Crippen LogP contribution in [0.5, 0.6) is 5.75 Å². The van der Waals surface area contributed by atoms with Crippen LogP contribution in [0.2, 0.25) is 0 Å². The first-order valence-electron chi connectivity index (χ1n) is 8.12. The van der Waals surface area contributed by atoms with Gasteiger partial charge in [0, 0.05) is 30.9 Å². The van der Waals surface area contributed by atoms with E-state index in [0.717, 1.165) is 37.6 Å². The fourth-order valence-corrected chi connectivity index (χ4v) is 2.66. The molecule has 1 aliphatic rings. The number of nitrogens with two attached hydrogens (primary N) is 2. The Balaban J connectivity index is 1.94. The summed E-state index contributed by atoms with van der Waals surface area (Å²) in [6, 6.07) is 7.44. The minimum absolute atomic E-state index is 0.363. The van der Waals surface area contributed by atoms with Gasteiger partial charge in [-0.15, -0.1) is 0 Å². The maximum absolute atomic E-state index is 6.14. The zero-order valence-electron chi connectivity index (χ0n) is 13.9. The molecule has 3 rings (SSSR count). The van der Waals surface area contributed by atoms with Crippen LogP contribution in [0.3, 0.4) is 0 Å². The van der Waals surface area contributed by atoms with Crippen molar-refractivity contribution in [2.24, 2.45) is 0 Å². The molecule has 1 aromatic heterocycles. The number of hydrogen-bond donors (Lipinski definition) is 2. The smallest absolute Gasteiger partial charge is 0.184 e. The van der Waals surface area contributed by atoms with E-state index in [0.29, 0.717) is 36.2 Å². The first kappa shape index (κ1) is 16.5. The van der Waals surface area contributed by atoms with Crippen molar-refractivity contribution in [2.45, 2.75) is 13.5 Å². The van der Waals surface area contributed by atoms with E-state index in [2.05, 4.69) is 9.88 Å². The van der Waals surface area contributed by atoms with E-state index in [1.807, 2.05) is 31.2 Å². The number of anilines is 2. The van der Waals surface area contributed by atoms with Crippen LogP contribution in [0.4, 0.5) is 11.5 Å². The van der Waals surface area contributed by atoms with Gasteiger partial charge in [0.05, 0.1) is 19.8 Å². The van der Waals surface area contributed by atoms with Gasteiger partial charge in [0.1, 0.15) is 5.69 Å². The van der Waals surface area contributed by atoms with Crippen molar-refractivity contribution in [1.82, 2.24) is 14.9 Å². The Bertz CT molecular complexity index is 684. The van der Waals surface area contributed by atoms with Gasteiger partial charge in [-0.1, -0.05) is 0 Å². The molecular formula is C17H23N5O2. The van der Waals surface area contributed by atoms with Gasteiger partial charge in [-0.3, -0.25) is 4.90 Å². The standard InChI is InChI=1S/C17H23N5O2/c1-2-24-15-14(11-22-7-9-23-10-8-22)20-17(21-16(15)19)12-3-5-13(18)6-4-12/h3-6H,2,7-11,18H2,1H3,(H2,19,20,21). The van der Waals surface area contributed by atoms with Crippen LogP contribution < -0.4 is 16.2 Å². The molecule has 2 heterocycles. The first-order valence-corrected chi connectivity index (χ1v) is 8.12. The van der Waals surface area contributed by atoms with Crippen LogP contribution in [0.25, 0.3) is 11.4 Å². The van der Waals surface area contributed by atoms with Gasteiger partial charge in [-0.2, -0.15) is 0 Å². The Morgan fingerprint density at radius 3 is 2.50 bits per heavy atom. The molecular weight excluding hydrogens is 306 g/mol. The number of benzene rings is 1. The third-order valence-electron chi connectivity index (χ3n) is 3.90. The zero-order valence-corrected chi connectivity index (χ0v) is 13.9. The summed E-state index contributed by atoms with van der Waals surface area (Å²) in [6.45, 7) is 6.30. The third kappa shape index (κ3) is 3.74. The number of morpholine rings is 1. The topological polar surface area (TPSA) is 99.5 Å². The minimum Gasteiger partial charge on any atom is -0.488 e. The van der Waals surface area contributed by atoms with Crippen molar-refractivity contribution in [1.29, 1.82) is 0 Å². The number of ether oxygens (including phenoxy) is 2. The highest BCUT2D eigenvalue weighted by atomic mass is 16.5. The summed E-state index contributed by atoms with van der Waals surface area (Å²) in [5.41, 5.74) is 14.3. The van der Waals surface area contributed by atoms with Crippen molar-refractivity contribution >= 4 is 11.5 Å². The van der Waals surface area contributed by atoms with Crippen LogP contribution in [0, 0.1) is 0 Å². The number of nitrogens with zero attached hydrogens (tertiary/aromatic N) is 3. The van der Waals surface area contributed by atoms with Gasteiger partial charge < -0.3 is 20.9 Å². The number of nitrogen functional groups attached to an aromatic ring is 2. The fourth-order valence-electron chi connectivity index (χ4n) is 2.66. The summed E-state index contributed by atoms with van der Waals surface area (Å²) < 4.78 is 11.1. The molecule has 128 valence electrons. The van der Waals surface area contributed by atoms with Gasteiger partial charge in [0.25, 0.3) is 0 Å². The lowest BCUT2D eigenvalue weighted by molar-refractivity contribution is 0.0332. The van der Waals surface area contributed by atoms with Gasteiger partial charge in [-0.05, 0) is 31.2 Å². The Labute approximate surface area is 141 Å². The average Bonchev–Trinajstić information content (AvgIpc) is 2.59. The minimum atomic E-state index is 0.363. The predicted octanol–water partition coefficient (Wildman–Crippen LogP) is 1.54. The summed E-state index contributed by atoms with van der Waals surface area (Å²) in [5, 5.41) is 0. The van der Waals surface area contributed by atoms with Crippen LogP contribution in [-0.2, 0) is 11.3 Å². The predicted molar refractivity (Wildman–Crippen MR) is 93.6 cm³/mol. The molecule has 1 aromatic carbocycles. The molecule has 0 spiro atoms. The molecule has 4 N–H and O–H groups in total. The molecule has 0 saturated carbocycles. The van der Waals surface area contributed by atoms with Crippen LogP contribution >= 0.6 is 0 Å². The molecule has 0 bridgehead atoms. The summed E-state index contributed by atoms with van der Waals surface area (Å²) in [7, 11) is 0. The third-order valence-corrected chi connectivity index (χ3v) is 3.90. The Morgan fingerprint density at radius 1 is 1.12 bits per heavy atom. The molecule has 0 radical (unpaired) electrons. The lowest BCUT2D eigenvalue weighted by Gasteiger charge is -2.27. The van der Waals surface area contributed by atoms with Crippen molar-refractivity contribution in [2.75, 3.05) is 44.4 Å². The molecule has 0 atom stereocenters. The van der Waals surface area contributed by atoms with Crippen molar-refractivity contribution in [3.8, 4) is 17.1 Å². The van der Waals surface area contributed by atoms with E-state index < -0.39 is 0 Å². The Kier molecular flexibility index (Phi) is 5.12. The molecule has 1 aliphatic heterocycles. The van der Waals surface area contributed by atoms with Crippen molar-refractivity contribution in [3.05, 3.63) is 30.0 Å². The summed E-state index contributed by atoms with van der Waals surface area (Å²) in [5.74, 6) is 1.52. The molecule has 0 amide bonds. The van der Waals surface area contributed by atoms with Crippen LogP contribution in [-0.4, -0.2) is 47.8 Å². The first-order chi connectivity index (χ1) is 11.7. The summed E-state index contributed by atoms with van der Waals surface area (Å²) in [4.78, 5) is 11.4. The molecule has 0 aliphatic carbocycles. The molecule has 2 aromatic rings. The second-order valence-corrected chi connectivity index (χ2v) is 5.65. The highest BCUT2D eigenvalue weighted by Gasteiger charge is 2.19. The molecule has 1 saturated heterocycles. The van der Waals surface area contributed by atoms with Crippen molar-refractivity contribution < 1.29 is 9.47 Å². The Hall–Kier alpha value is -2.38. The molecule has 24 heavy (non-hydrogen) atoms. The second kappa shape index (κ2) is 7.46. The lowest BCUT2D eigenvalue weighted by atomic mass is 10.2. The normalized spacial score (nSPS) is 15.4. The summed E-state index contributed by atoms with van der Waals surface area (Å²) in [6.07, 6.45) is 0. The number of hydrogen-bond acceptors (Lipinski definition) is 7. The largest absolute Gasteiger partial charge is 0.488 e. The molecule has 1 fully saturated rings. The highest BCUT2D eigenvalue weighted by Crippen LogP contribution is 2.28.